The summed E-state index contributed by atoms with van der Waals surface area (Å²) in [4.78, 5) is 12.7. The van der Waals surface area contributed by atoms with Crippen LogP contribution in [0.5, 0.6) is 0 Å². The van der Waals surface area contributed by atoms with Crippen LogP contribution in [0.4, 0.5) is 4.39 Å². The summed E-state index contributed by atoms with van der Waals surface area (Å²) in [6.45, 7) is 6.14. The molecule has 0 radical (unpaired) electrons. The SMILES string of the molecule is CCC1C=CC(C#Cc2cccc(F)c2)=CC=C1C(=O)NCC1(C)COC1. The molecular weight excluding hydrogens is 341 g/mol. The second-order valence-electron chi connectivity index (χ2n) is 7.36. The summed E-state index contributed by atoms with van der Waals surface area (Å²) in [5.74, 6) is 5.71. The third kappa shape index (κ3) is 4.96. The Morgan fingerprint density at radius 3 is 2.81 bits per heavy atom. The van der Waals surface area contributed by atoms with Crippen LogP contribution < -0.4 is 5.32 Å². The van der Waals surface area contributed by atoms with Gasteiger partial charge in [-0.1, -0.05) is 43.9 Å². The zero-order valence-corrected chi connectivity index (χ0v) is 15.7. The number of hydrogen-bond acceptors (Lipinski definition) is 2. The van der Waals surface area contributed by atoms with Gasteiger partial charge in [0.25, 0.3) is 0 Å². The lowest BCUT2D eigenvalue weighted by Crippen LogP contribution is -2.49. The Morgan fingerprint density at radius 1 is 1.33 bits per heavy atom. The number of carbonyl (C=O) groups excluding carboxylic acids is 1. The predicted molar refractivity (Wildman–Crippen MR) is 104 cm³/mol. The van der Waals surface area contributed by atoms with E-state index in [0.717, 1.165) is 17.6 Å². The van der Waals surface area contributed by atoms with Crippen LogP contribution in [0.2, 0.25) is 0 Å². The molecule has 1 aromatic rings. The van der Waals surface area contributed by atoms with E-state index in [-0.39, 0.29) is 23.1 Å². The molecule has 1 saturated heterocycles. The summed E-state index contributed by atoms with van der Waals surface area (Å²) in [7, 11) is 0. The highest BCUT2D eigenvalue weighted by Gasteiger charge is 2.34. The number of hydrogen-bond donors (Lipinski definition) is 1. The topological polar surface area (TPSA) is 38.3 Å². The van der Waals surface area contributed by atoms with Gasteiger partial charge in [-0.15, -0.1) is 0 Å². The van der Waals surface area contributed by atoms with Gasteiger partial charge in [-0.05, 0) is 36.8 Å². The van der Waals surface area contributed by atoms with E-state index in [1.807, 2.05) is 24.3 Å². The molecule has 1 atom stereocenters. The van der Waals surface area contributed by atoms with E-state index >= 15 is 0 Å². The molecule has 1 heterocycles. The molecule has 1 aliphatic carbocycles. The highest BCUT2D eigenvalue weighted by Crippen LogP contribution is 2.26. The van der Waals surface area contributed by atoms with E-state index in [1.54, 1.807) is 12.1 Å². The van der Waals surface area contributed by atoms with Crippen molar-refractivity contribution in [1.29, 1.82) is 0 Å². The molecule has 0 spiro atoms. The van der Waals surface area contributed by atoms with Crippen LogP contribution in [0.1, 0.15) is 25.8 Å². The Morgan fingerprint density at radius 2 is 2.15 bits per heavy atom. The normalized spacial score (nSPS) is 20.3. The van der Waals surface area contributed by atoms with Crippen molar-refractivity contribution in [1.82, 2.24) is 5.32 Å². The summed E-state index contributed by atoms with van der Waals surface area (Å²) in [5.41, 5.74) is 2.19. The maximum Gasteiger partial charge on any atom is 0.247 e. The van der Waals surface area contributed by atoms with Gasteiger partial charge in [0.2, 0.25) is 5.91 Å². The van der Waals surface area contributed by atoms with Gasteiger partial charge in [-0.2, -0.15) is 0 Å². The highest BCUT2D eigenvalue weighted by molar-refractivity contribution is 5.94. The van der Waals surface area contributed by atoms with Crippen molar-refractivity contribution in [2.45, 2.75) is 20.3 Å². The van der Waals surface area contributed by atoms with Gasteiger partial charge in [0.05, 0.1) is 13.2 Å². The molecule has 27 heavy (non-hydrogen) atoms. The lowest BCUT2D eigenvalue weighted by molar-refractivity contribution is -0.123. The average Bonchev–Trinajstić information content (AvgIpc) is 2.85. The predicted octanol–water partition coefficient (Wildman–Crippen LogP) is 3.78. The number of halogens is 1. The summed E-state index contributed by atoms with van der Waals surface area (Å²) >= 11 is 0. The number of benzene rings is 1. The van der Waals surface area contributed by atoms with Crippen LogP contribution in [0, 0.1) is 29.0 Å². The van der Waals surface area contributed by atoms with Crippen molar-refractivity contribution < 1.29 is 13.9 Å². The molecule has 0 aromatic heterocycles. The fourth-order valence-corrected chi connectivity index (χ4v) is 3.02. The number of nitrogens with one attached hydrogen (secondary N) is 1. The largest absolute Gasteiger partial charge is 0.380 e. The Bertz CT molecular complexity index is 866. The maximum absolute atomic E-state index is 13.3. The zero-order valence-electron chi connectivity index (χ0n) is 15.7. The molecule has 1 N–H and O–H groups in total. The van der Waals surface area contributed by atoms with E-state index in [1.165, 1.54) is 12.1 Å². The molecule has 1 unspecified atom stereocenters. The van der Waals surface area contributed by atoms with Gasteiger partial charge >= 0.3 is 0 Å². The van der Waals surface area contributed by atoms with Crippen LogP contribution in [-0.2, 0) is 9.53 Å². The number of amides is 1. The minimum atomic E-state index is -0.303. The van der Waals surface area contributed by atoms with Gasteiger partial charge in [0.15, 0.2) is 0 Å². The van der Waals surface area contributed by atoms with Crippen molar-refractivity contribution in [3.63, 3.8) is 0 Å². The Labute approximate surface area is 160 Å². The van der Waals surface area contributed by atoms with E-state index in [2.05, 4.69) is 31.0 Å². The van der Waals surface area contributed by atoms with E-state index in [4.69, 9.17) is 4.74 Å². The molecule has 1 aromatic carbocycles. The Balaban J connectivity index is 1.74. The zero-order chi connectivity index (χ0) is 19.3. The van der Waals surface area contributed by atoms with Crippen LogP contribution in [0.25, 0.3) is 0 Å². The van der Waals surface area contributed by atoms with Crippen molar-refractivity contribution in [3.8, 4) is 11.8 Å². The molecule has 0 saturated carbocycles. The lowest BCUT2D eigenvalue weighted by Gasteiger charge is -2.38. The number of rotatable bonds is 4. The number of carbonyl (C=O) groups is 1. The minimum absolute atomic E-state index is 0.0376. The molecule has 2 aliphatic rings. The molecule has 140 valence electrons. The first-order valence-corrected chi connectivity index (χ1v) is 9.23. The molecule has 1 amide bonds. The Kier molecular flexibility index (Phi) is 5.93. The van der Waals surface area contributed by atoms with Crippen molar-refractivity contribution in [2.75, 3.05) is 19.8 Å². The standard InChI is InChI=1S/C23H24FNO2/c1-3-19-11-9-17(7-8-18-5-4-6-20(24)13-18)10-12-21(19)22(26)25-14-23(2)15-27-16-23/h4-6,9-13,19H,3,14-16H2,1-2H3,(H,25,26). The molecule has 4 heteroatoms. The smallest absolute Gasteiger partial charge is 0.247 e. The van der Waals surface area contributed by atoms with Gasteiger partial charge in [0, 0.05) is 34.6 Å². The monoisotopic (exact) mass is 365 g/mol. The number of ether oxygens (including phenoxy) is 1. The molecule has 3 rings (SSSR count). The van der Waals surface area contributed by atoms with Gasteiger partial charge < -0.3 is 10.1 Å². The first-order valence-electron chi connectivity index (χ1n) is 9.23. The third-order valence-electron chi connectivity index (χ3n) is 4.80. The highest BCUT2D eigenvalue weighted by atomic mass is 19.1. The van der Waals surface area contributed by atoms with E-state index < -0.39 is 0 Å². The molecular formula is C23H24FNO2. The summed E-state index contributed by atoms with van der Waals surface area (Å²) < 4.78 is 18.5. The van der Waals surface area contributed by atoms with Crippen molar-refractivity contribution in [2.24, 2.45) is 11.3 Å². The van der Waals surface area contributed by atoms with E-state index in [9.17, 15) is 9.18 Å². The quantitative estimate of drug-likeness (QED) is 0.825. The van der Waals surface area contributed by atoms with Crippen molar-refractivity contribution in [3.05, 3.63) is 71.1 Å². The first kappa shape index (κ1) is 19.1. The Hall–Kier alpha value is -2.64. The van der Waals surface area contributed by atoms with Gasteiger partial charge in [-0.3, -0.25) is 4.79 Å². The summed E-state index contributed by atoms with van der Waals surface area (Å²) in [6, 6.07) is 6.21. The van der Waals surface area contributed by atoms with Crippen LogP contribution >= 0.6 is 0 Å². The number of allylic oxidation sites excluding steroid dienone is 5. The first-order chi connectivity index (χ1) is 13.0. The minimum Gasteiger partial charge on any atom is -0.380 e. The molecule has 3 nitrogen and oxygen atoms in total. The third-order valence-corrected chi connectivity index (χ3v) is 4.80. The molecule has 1 fully saturated rings. The van der Waals surface area contributed by atoms with Crippen LogP contribution in [-0.4, -0.2) is 25.7 Å². The molecule has 1 aliphatic heterocycles. The lowest BCUT2D eigenvalue weighted by atomic mass is 9.88. The fraction of sp³-hybridized carbons (Fsp3) is 0.348. The van der Waals surface area contributed by atoms with E-state index in [0.29, 0.717) is 25.3 Å². The fourth-order valence-electron chi connectivity index (χ4n) is 3.02. The molecule has 0 bridgehead atoms. The second kappa shape index (κ2) is 8.37. The van der Waals surface area contributed by atoms with Gasteiger partial charge in [-0.25, -0.2) is 4.39 Å². The second-order valence-corrected chi connectivity index (χ2v) is 7.36. The van der Waals surface area contributed by atoms with Crippen molar-refractivity contribution >= 4 is 5.91 Å². The van der Waals surface area contributed by atoms with Gasteiger partial charge in [0.1, 0.15) is 5.82 Å². The average molecular weight is 365 g/mol. The maximum atomic E-state index is 13.3. The summed E-state index contributed by atoms with van der Waals surface area (Å²) in [5, 5.41) is 3.04. The summed E-state index contributed by atoms with van der Waals surface area (Å²) in [6.07, 6.45) is 8.46. The van der Waals surface area contributed by atoms with Crippen LogP contribution in [0.15, 0.2) is 59.7 Å². The van der Waals surface area contributed by atoms with Crippen LogP contribution in [0.3, 0.4) is 0 Å².